The van der Waals surface area contributed by atoms with Crippen molar-refractivity contribution in [3.63, 3.8) is 0 Å². The number of benzene rings is 1. The van der Waals surface area contributed by atoms with Crippen molar-refractivity contribution in [1.82, 2.24) is 0 Å². The molecule has 1 N–H and O–H groups in total. The number of non-ortho nitro benzene ring substituents is 1. The molecule has 6 nitrogen and oxygen atoms in total. The maximum Gasteiger partial charge on any atom is 0.269 e. The summed E-state index contributed by atoms with van der Waals surface area (Å²) in [4.78, 5) is 10.3. The Balaban J connectivity index is 2.09. The molecule has 0 amide bonds. The van der Waals surface area contributed by atoms with Gasteiger partial charge in [0.2, 0.25) is 0 Å². The summed E-state index contributed by atoms with van der Waals surface area (Å²) in [6.45, 7) is 2.74. The Kier molecular flexibility index (Phi) is 4.14. The van der Waals surface area contributed by atoms with E-state index < -0.39 is 11.2 Å². The first-order valence-electron chi connectivity index (χ1n) is 6.19. The average molecular weight is 267 g/mol. The number of hydrogen-bond acceptors (Lipinski definition) is 5. The second-order valence-corrected chi connectivity index (χ2v) is 4.82. The highest BCUT2D eigenvalue weighted by Gasteiger charge is 2.35. The van der Waals surface area contributed by atoms with Gasteiger partial charge >= 0.3 is 0 Å². The van der Waals surface area contributed by atoms with Gasteiger partial charge in [-0.25, -0.2) is 0 Å². The molecule has 1 aliphatic heterocycles. The predicted octanol–water partition coefficient (Wildman–Crippen LogP) is 2.03. The van der Waals surface area contributed by atoms with Gasteiger partial charge in [0.1, 0.15) is 0 Å². The van der Waals surface area contributed by atoms with Crippen LogP contribution in [0.3, 0.4) is 0 Å². The number of aliphatic hydroxyl groups is 1. The van der Waals surface area contributed by atoms with Crippen LogP contribution in [-0.4, -0.2) is 29.9 Å². The van der Waals surface area contributed by atoms with Gasteiger partial charge in [-0.2, -0.15) is 0 Å². The summed E-state index contributed by atoms with van der Waals surface area (Å²) in [7, 11) is 0. The third-order valence-electron chi connectivity index (χ3n) is 3.52. The highest BCUT2D eigenvalue weighted by molar-refractivity contribution is 5.34. The summed E-state index contributed by atoms with van der Waals surface area (Å²) in [6.07, 6.45) is 0.150. The Bertz CT molecular complexity index is 448. The largest absolute Gasteiger partial charge is 0.396 e. The summed E-state index contributed by atoms with van der Waals surface area (Å²) in [5.74, 6) is 0. The van der Waals surface area contributed by atoms with Crippen LogP contribution in [0.25, 0.3) is 0 Å². The fourth-order valence-corrected chi connectivity index (χ4v) is 1.98. The van der Waals surface area contributed by atoms with Crippen molar-refractivity contribution in [2.24, 2.45) is 5.41 Å². The number of aliphatic hydroxyl groups excluding tert-OH is 1. The minimum atomic E-state index is -0.605. The molecule has 0 spiro atoms. The second kappa shape index (κ2) is 5.64. The lowest BCUT2D eigenvalue weighted by molar-refractivity contribution is -0.385. The summed E-state index contributed by atoms with van der Waals surface area (Å²) in [6, 6.07) is 6.21. The zero-order valence-electron chi connectivity index (χ0n) is 10.7. The average Bonchev–Trinajstić information content (AvgIpc) is 2.47. The monoisotopic (exact) mass is 267 g/mol. The normalized spacial score (nSPS) is 27.2. The lowest BCUT2D eigenvalue weighted by atomic mass is 9.87. The molecule has 0 radical (unpaired) electrons. The fraction of sp³-hybridized carbons (Fsp3) is 0.538. The predicted molar refractivity (Wildman–Crippen MR) is 67.6 cm³/mol. The molecule has 0 atom stereocenters. The lowest BCUT2D eigenvalue weighted by Crippen LogP contribution is -2.41. The van der Waals surface area contributed by atoms with Crippen molar-refractivity contribution in [2.75, 3.05) is 19.8 Å². The summed E-state index contributed by atoms with van der Waals surface area (Å²) in [5, 5.41) is 20.1. The lowest BCUT2D eigenvalue weighted by Gasteiger charge is -2.38. The van der Waals surface area contributed by atoms with Gasteiger partial charge in [0, 0.05) is 23.1 Å². The number of rotatable bonds is 4. The van der Waals surface area contributed by atoms with Crippen LogP contribution in [0.1, 0.15) is 25.2 Å². The minimum absolute atomic E-state index is 0.00512. The van der Waals surface area contributed by atoms with E-state index in [0.29, 0.717) is 18.8 Å². The van der Waals surface area contributed by atoms with Gasteiger partial charge in [-0.3, -0.25) is 10.1 Å². The highest BCUT2D eigenvalue weighted by atomic mass is 16.7. The number of nitro benzene ring substituents is 1. The summed E-state index contributed by atoms with van der Waals surface area (Å²) in [5.41, 5.74) is 0.271. The van der Waals surface area contributed by atoms with Crippen molar-refractivity contribution in [1.29, 1.82) is 0 Å². The van der Waals surface area contributed by atoms with Crippen molar-refractivity contribution >= 4 is 5.69 Å². The molecular formula is C13H17NO5. The Morgan fingerprint density at radius 2 is 2.16 bits per heavy atom. The second-order valence-electron chi connectivity index (χ2n) is 4.82. The molecule has 0 aromatic heterocycles. The van der Waals surface area contributed by atoms with Gasteiger partial charge in [-0.15, -0.1) is 0 Å². The molecule has 1 saturated heterocycles. The molecule has 1 aromatic rings. The third-order valence-corrected chi connectivity index (χ3v) is 3.52. The van der Waals surface area contributed by atoms with E-state index in [1.165, 1.54) is 12.1 Å². The maximum absolute atomic E-state index is 10.7. The minimum Gasteiger partial charge on any atom is -0.396 e. The Morgan fingerprint density at radius 3 is 2.68 bits per heavy atom. The smallest absolute Gasteiger partial charge is 0.269 e. The molecule has 6 heteroatoms. The van der Waals surface area contributed by atoms with Crippen LogP contribution in [0.15, 0.2) is 24.3 Å². The van der Waals surface area contributed by atoms with E-state index in [2.05, 4.69) is 0 Å². The number of hydrogen-bond donors (Lipinski definition) is 1. The molecule has 1 heterocycles. The van der Waals surface area contributed by atoms with E-state index in [1.54, 1.807) is 12.1 Å². The van der Waals surface area contributed by atoms with E-state index in [1.807, 2.05) is 6.92 Å². The molecule has 0 bridgehead atoms. The molecule has 1 fully saturated rings. The Hall–Kier alpha value is -1.50. The van der Waals surface area contributed by atoms with Gasteiger partial charge < -0.3 is 14.6 Å². The van der Waals surface area contributed by atoms with Crippen LogP contribution in [0, 0.1) is 15.5 Å². The molecule has 0 unspecified atom stereocenters. The van der Waals surface area contributed by atoms with E-state index in [0.717, 1.165) is 6.42 Å². The van der Waals surface area contributed by atoms with Crippen molar-refractivity contribution in [3.8, 4) is 0 Å². The molecule has 19 heavy (non-hydrogen) atoms. The van der Waals surface area contributed by atoms with Crippen LogP contribution >= 0.6 is 0 Å². The van der Waals surface area contributed by atoms with E-state index >= 15 is 0 Å². The molecule has 0 saturated carbocycles. The first-order chi connectivity index (χ1) is 9.10. The summed E-state index contributed by atoms with van der Waals surface area (Å²) >= 11 is 0. The van der Waals surface area contributed by atoms with Gasteiger partial charge in [0.15, 0.2) is 6.29 Å². The van der Waals surface area contributed by atoms with Gasteiger partial charge in [-0.1, -0.05) is 19.1 Å². The van der Waals surface area contributed by atoms with Crippen LogP contribution in [0.5, 0.6) is 0 Å². The van der Waals surface area contributed by atoms with Crippen molar-refractivity contribution < 1.29 is 19.5 Å². The zero-order chi connectivity index (χ0) is 13.9. The van der Waals surface area contributed by atoms with Crippen LogP contribution < -0.4 is 0 Å². The molecule has 0 aliphatic carbocycles. The quantitative estimate of drug-likeness (QED) is 0.666. The topological polar surface area (TPSA) is 81.8 Å². The van der Waals surface area contributed by atoms with Gasteiger partial charge in [-0.05, 0) is 6.42 Å². The standard InChI is InChI=1S/C13H17NO5/c1-2-13(7-15)8-18-12(19-9-13)10-4-3-5-11(6-10)14(16)17/h3-6,12,15H,2,7-9H2,1H3. The van der Waals surface area contributed by atoms with Crippen LogP contribution in [0.2, 0.25) is 0 Å². The zero-order valence-corrected chi connectivity index (χ0v) is 10.7. The van der Waals surface area contributed by atoms with Crippen LogP contribution in [0.4, 0.5) is 5.69 Å². The first-order valence-corrected chi connectivity index (χ1v) is 6.19. The van der Waals surface area contributed by atoms with Gasteiger partial charge in [0.05, 0.1) is 24.7 Å². The third kappa shape index (κ3) is 2.91. The van der Waals surface area contributed by atoms with E-state index in [4.69, 9.17) is 9.47 Å². The molecule has 2 rings (SSSR count). The number of nitrogens with zero attached hydrogens (tertiary/aromatic N) is 1. The van der Waals surface area contributed by atoms with Crippen molar-refractivity contribution in [2.45, 2.75) is 19.6 Å². The van der Waals surface area contributed by atoms with Crippen molar-refractivity contribution in [3.05, 3.63) is 39.9 Å². The molecular weight excluding hydrogens is 250 g/mol. The maximum atomic E-state index is 10.7. The Morgan fingerprint density at radius 1 is 1.47 bits per heavy atom. The fourth-order valence-electron chi connectivity index (χ4n) is 1.98. The SMILES string of the molecule is CCC1(CO)COC(c2cccc([N+](=O)[O-])c2)OC1. The molecule has 1 aromatic carbocycles. The van der Waals surface area contributed by atoms with E-state index in [-0.39, 0.29) is 17.7 Å². The van der Waals surface area contributed by atoms with Crippen LogP contribution in [-0.2, 0) is 9.47 Å². The van der Waals surface area contributed by atoms with Gasteiger partial charge in [0.25, 0.3) is 5.69 Å². The number of ether oxygens (including phenoxy) is 2. The summed E-state index contributed by atoms with van der Waals surface area (Å²) < 4.78 is 11.2. The first kappa shape index (κ1) is 13.9. The Labute approximate surface area is 111 Å². The highest BCUT2D eigenvalue weighted by Crippen LogP contribution is 2.34. The number of nitro groups is 1. The molecule has 104 valence electrons. The van der Waals surface area contributed by atoms with E-state index in [9.17, 15) is 15.2 Å². The molecule has 1 aliphatic rings.